The summed E-state index contributed by atoms with van der Waals surface area (Å²) < 4.78 is 7.09. The number of benzene rings is 2. The number of para-hydroxylation sites is 1. The van der Waals surface area contributed by atoms with E-state index >= 15 is 0 Å². The number of piperazine rings is 1. The molecule has 3 heterocycles. The Bertz CT molecular complexity index is 996. The summed E-state index contributed by atoms with van der Waals surface area (Å²) in [5, 5.41) is 1.81. The molecule has 2 aliphatic rings. The fraction of sp³-hybridized carbons (Fsp3) is 0.333. The van der Waals surface area contributed by atoms with Crippen molar-refractivity contribution in [2.75, 3.05) is 26.2 Å². The number of thiazole rings is 1. The zero-order valence-corrected chi connectivity index (χ0v) is 16.9. The maximum Gasteiger partial charge on any atom is 0.264 e. The summed E-state index contributed by atoms with van der Waals surface area (Å²) >= 11 is 7.80. The largest absolute Gasteiger partial charge is 0.480 e. The van der Waals surface area contributed by atoms with E-state index in [4.69, 9.17) is 21.3 Å². The quantitative estimate of drug-likeness (QED) is 0.658. The standard InChI is InChI=1S/C21H20ClN3O2S/c22-15-5-6-17-14(11-15)12-18(27-17)21(26)25-9-7-24(8-10-25)13-20-23-16-3-1-2-4-19(16)28-20/h1-6,11,18H,7-10,12-13H2/t18-/m0/s1. The van der Waals surface area contributed by atoms with Gasteiger partial charge in [-0.25, -0.2) is 4.98 Å². The van der Waals surface area contributed by atoms with Crippen LogP contribution in [0.25, 0.3) is 10.2 Å². The summed E-state index contributed by atoms with van der Waals surface area (Å²) in [5.74, 6) is 0.851. The highest BCUT2D eigenvalue weighted by molar-refractivity contribution is 7.18. The number of amides is 1. The molecule has 5 rings (SSSR count). The number of aromatic nitrogens is 1. The second kappa shape index (κ2) is 7.35. The minimum absolute atomic E-state index is 0.0759. The van der Waals surface area contributed by atoms with Crippen LogP contribution in [0.2, 0.25) is 5.02 Å². The lowest BCUT2D eigenvalue weighted by Gasteiger charge is -2.35. The number of halogens is 1. The molecule has 0 aliphatic carbocycles. The van der Waals surface area contributed by atoms with Crippen LogP contribution < -0.4 is 4.74 Å². The first-order valence-electron chi connectivity index (χ1n) is 9.46. The summed E-state index contributed by atoms with van der Waals surface area (Å²) in [6, 6.07) is 13.8. The van der Waals surface area contributed by atoms with Gasteiger partial charge < -0.3 is 9.64 Å². The number of hydrogen-bond acceptors (Lipinski definition) is 5. The molecule has 1 fully saturated rings. The Morgan fingerprint density at radius 2 is 2.00 bits per heavy atom. The number of carbonyl (C=O) groups excluding carboxylic acids is 1. The molecule has 3 aromatic rings. The highest BCUT2D eigenvalue weighted by atomic mass is 35.5. The molecular formula is C21H20ClN3O2S. The van der Waals surface area contributed by atoms with E-state index in [0.717, 1.165) is 54.6 Å². The SMILES string of the molecule is O=C([C@@H]1Cc2cc(Cl)ccc2O1)N1CCN(Cc2nc3ccccc3s2)CC1. The van der Waals surface area contributed by atoms with Gasteiger partial charge in [0.1, 0.15) is 10.8 Å². The summed E-state index contributed by atoms with van der Waals surface area (Å²) in [5.41, 5.74) is 2.08. The van der Waals surface area contributed by atoms with Crippen LogP contribution >= 0.6 is 22.9 Å². The van der Waals surface area contributed by atoms with Crippen LogP contribution in [0, 0.1) is 0 Å². The van der Waals surface area contributed by atoms with E-state index in [0.29, 0.717) is 11.4 Å². The van der Waals surface area contributed by atoms with Crippen molar-refractivity contribution in [2.24, 2.45) is 0 Å². The van der Waals surface area contributed by atoms with Crippen molar-refractivity contribution in [3.8, 4) is 5.75 Å². The highest BCUT2D eigenvalue weighted by Gasteiger charge is 2.34. The van der Waals surface area contributed by atoms with Gasteiger partial charge in [-0.3, -0.25) is 9.69 Å². The molecule has 0 N–H and O–H groups in total. The Balaban J connectivity index is 1.17. The summed E-state index contributed by atoms with van der Waals surface area (Å²) in [6.45, 7) is 3.99. The van der Waals surface area contributed by atoms with Crippen molar-refractivity contribution in [3.05, 3.63) is 58.1 Å². The summed E-state index contributed by atoms with van der Waals surface area (Å²) in [7, 11) is 0. The topological polar surface area (TPSA) is 45.7 Å². The number of hydrogen-bond donors (Lipinski definition) is 0. The first-order valence-corrected chi connectivity index (χ1v) is 10.7. The fourth-order valence-corrected chi connectivity index (χ4v) is 5.07. The highest BCUT2D eigenvalue weighted by Crippen LogP contribution is 2.32. The average Bonchev–Trinajstić information content (AvgIpc) is 3.31. The van der Waals surface area contributed by atoms with Crippen LogP contribution in [0.5, 0.6) is 5.75 Å². The fourth-order valence-electron chi connectivity index (χ4n) is 3.86. The van der Waals surface area contributed by atoms with E-state index in [9.17, 15) is 4.79 Å². The van der Waals surface area contributed by atoms with Crippen LogP contribution in [0.1, 0.15) is 10.6 Å². The molecule has 1 saturated heterocycles. The van der Waals surface area contributed by atoms with Gasteiger partial charge >= 0.3 is 0 Å². The third-order valence-electron chi connectivity index (χ3n) is 5.35. The number of fused-ring (bicyclic) bond motifs is 2. The lowest BCUT2D eigenvalue weighted by molar-refractivity contribution is -0.139. The molecule has 0 saturated carbocycles. The Morgan fingerprint density at radius 3 is 2.82 bits per heavy atom. The van der Waals surface area contributed by atoms with Crippen LogP contribution in [-0.2, 0) is 17.8 Å². The molecule has 5 nitrogen and oxygen atoms in total. The third-order valence-corrected chi connectivity index (χ3v) is 6.61. The number of rotatable bonds is 3. The van der Waals surface area contributed by atoms with E-state index in [1.54, 1.807) is 17.4 Å². The van der Waals surface area contributed by atoms with E-state index in [1.807, 2.05) is 29.2 Å². The Labute approximate surface area is 172 Å². The van der Waals surface area contributed by atoms with E-state index in [2.05, 4.69) is 17.0 Å². The molecule has 0 spiro atoms. The van der Waals surface area contributed by atoms with Crippen molar-refractivity contribution in [1.29, 1.82) is 0 Å². The van der Waals surface area contributed by atoms with Gasteiger partial charge in [0, 0.05) is 37.6 Å². The van der Waals surface area contributed by atoms with Gasteiger partial charge in [-0.2, -0.15) is 0 Å². The first kappa shape index (κ1) is 17.9. The van der Waals surface area contributed by atoms with Gasteiger partial charge in [-0.15, -0.1) is 11.3 Å². The van der Waals surface area contributed by atoms with Gasteiger partial charge in [0.05, 0.1) is 16.8 Å². The van der Waals surface area contributed by atoms with Crippen LogP contribution in [0.3, 0.4) is 0 Å². The van der Waals surface area contributed by atoms with Crippen LogP contribution in [-0.4, -0.2) is 53.0 Å². The molecule has 1 atom stereocenters. The van der Waals surface area contributed by atoms with Gasteiger partial charge in [0.2, 0.25) is 0 Å². The molecule has 2 aromatic carbocycles. The van der Waals surface area contributed by atoms with E-state index in [1.165, 1.54) is 4.70 Å². The first-order chi connectivity index (χ1) is 13.7. The van der Waals surface area contributed by atoms with Crippen molar-refractivity contribution in [3.63, 3.8) is 0 Å². The number of ether oxygens (including phenoxy) is 1. The number of carbonyl (C=O) groups is 1. The molecule has 0 radical (unpaired) electrons. The maximum atomic E-state index is 12.9. The minimum Gasteiger partial charge on any atom is -0.480 e. The maximum absolute atomic E-state index is 12.9. The van der Waals surface area contributed by atoms with Crippen molar-refractivity contribution >= 4 is 39.1 Å². The normalized spacial score (nSPS) is 19.6. The summed E-state index contributed by atoms with van der Waals surface area (Å²) in [4.78, 5) is 21.9. The van der Waals surface area contributed by atoms with Crippen LogP contribution in [0.4, 0.5) is 0 Å². The molecule has 1 amide bonds. The predicted octanol–water partition coefficient (Wildman–Crippen LogP) is 3.60. The molecule has 7 heteroatoms. The lowest BCUT2D eigenvalue weighted by atomic mass is 10.1. The van der Waals surface area contributed by atoms with Gasteiger partial charge in [-0.1, -0.05) is 23.7 Å². The molecule has 1 aromatic heterocycles. The monoisotopic (exact) mass is 413 g/mol. The molecule has 144 valence electrons. The molecular weight excluding hydrogens is 394 g/mol. The zero-order valence-electron chi connectivity index (χ0n) is 15.3. The molecule has 28 heavy (non-hydrogen) atoms. The van der Waals surface area contributed by atoms with Gasteiger partial charge in [0.15, 0.2) is 6.10 Å². The number of nitrogens with zero attached hydrogens (tertiary/aromatic N) is 3. The van der Waals surface area contributed by atoms with Crippen molar-refractivity contribution in [2.45, 2.75) is 19.1 Å². The third kappa shape index (κ3) is 3.48. The van der Waals surface area contributed by atoms with Crippen molar-refractivity contribution < 1.29 is 9.53 Å². The Hall–Kier alpha value is -2.15. The molecule has 0 unspecified atom stereocenters. The molecule has 0 bridgehead atoms. The minimum atomic E-state index is -0.427. The smallest absolute Gasteiger partial charge is 0.264 e. The lowest BCUT2D eigenvalue weighted by Crippen LogP contribution is -2.51. The zero-order chi connectivity index (χ0) is 19.1. The molecule has 2 aliphatic heterocycles. The summed E-state index contributed by atoms with van der Waals surface area (Å²) in [6.07, 6.45) is 0.171. The second-order valence-electron chi connectivity index (χ2n) is 7.24. The average molecular weight is 414 g/mol. The Morgan fingerprint density at radius 1 is 1.18 bits per heavy atom. The Kier molecular flexibility index (Phi) is 4.70. The predicted molar refractivity (Wildman–Crippen MR) is 111 cm³/mol. The van der Waals surface area contributed by atoms with Crippen molar-refractivity contribution in [1.82, 2.24) is 14.8 Å². The second-order valence-corrected chi connectivity index (χ2v) is 8.79. The van der Waals surface area contributed by atoms with Crippen LogP contribution in [0.15, 0.2) is 42.5 Å². The van der Waals surface area contributed by atoms with Gasteiger partial charge in [-0.05, 0) is 35.9 Å². The van der Waals surface area contributed by atoms with E-state index < -0.39 is 6.10 Å². The van der Waals surface area contributed by atoms with E-state index in [-0.39, 0.29) is 5.91 Å². The van der Waals surface area contributed by atoms with Gasteiger partial charge in [0.25, 0.3) is 5.91 Å².